The normalized spacial score (nSPS) is 11.7. The third-order valence-electron chi connectivity index (χ3n) is 4.63. The maximum Gasteiger partial charge on any atom is 0.283 e. The van der Waals surface area contributed by atoms with Crippen LogP contribution in [0.4, 0.5) is 17.6 Å². The number of nitrogens with zero attached hydrogens (tertiary/aromatic N) is 2. The second-order valence-corrected chi connectivity index (χ2v) is 7.93. The molecule has 0 spiro atoms. The van der Waals surface area contributed by atoms with Gasteiger partial charge in [0.2, 0.25) is 0 Å². The molecule has 0 fully saturated rings. The van der Waals surface area contributed by atoms with Crippen molar-refractivity contribution in [2.75, 3.05) is 7.11 Å². The zero-order valence-corrected chi connectivity index (χ0v) is 19.1. The number of halogens is 7. The van der Waals surface area contributed by atoms with Gasteiger partial charge in [0.25, 0.3) is 12.9 Å². The average Bonchev–Trinajstić information content (AvgIpc) is 3.10. The van der Waals surface area contributed by atoms with Gasteiger partial charge in [-0.3, -0.25) is 9.48 Å². The minimum atomic E-state index is -3.12. The van der Waals surface area contributed by atoms with Crippen molar-refractivity contribution in [1.29, 1.82) is 0 Å². The predicted molar refractivity (Wildman–Crippen MR) is 119 cm³/mol. The van der Waals surface area contributed by atoms with E-state index in [2.05, 4.69) is 5.10 Å². The van der Waals surface area contributed by atoms with Crippen LogP contribution < -0.4 is 4.74 Å². The maximum absolute atomic E-state index is 13.5. The Hall–Kier alpha value is -2.55. The summed E-state index contributed by atoms with van der Waals surface area (Å²) in [6.45, 7) is -0.308. The van der Waals surface area contributed by atoms with E-state index in [1.807, 2.05) is 0 Å². The van der Waals surface area contributed by atoms with Gasteiger partial charge in [-0.15, -0.1) is 0 Å². The van der Waals surface area contributed by atoms with Gasteiger partial charge >= 0.3 is 0 Å². The molecule has 11 heteroatoms. The SMILES string of the molecule is COc1ccc(/C=C/C(=O)c2ccc(Cl)c(Cl)c2)cc1Cn1nc(C(F)F)c(Cl)c1C(F)F. The molecular weight excluding hydrogens is 507 g/mol. The minimum Gasteiger partial charge on any atom is -0.496 e. The van der Waals surface area contributed by atoms with Crippen molar-refractivity contribution in [3.63, 3.8) is 0 Å². The van der Waals surface area contributed by atoms with Crippen molar-refractivity contribution >= 4 is 46.7 Å². The molecule has 0 N–H and O–H groups in total. The molecule has 1 aromatic heterocycles. The Labute approximate surface area is 201 Å². The van der Waals surface area contributed by atoms with Crippen LogP contribution in [-0.4, -0.2) is 22.7 Å². The Morgan fingerprint density at radius 1 is 1.06 bits per heavy atom. The summed E-state index contributed by atoms with van der Waals surface area (Å²) in [6.07, 6.45) is -3.42. The summed E-state index contributed by atoms with van der Waals surface area (Å²) in [7, 11) is 1.37. The third kappa shape index (κ3) is 5.69. The number of ether oxygens (including phenoxy) is 1. The van der Waals surface area contributed by atoms with E-state index in [9.17, 15) is 22.4 Å². The van der Waals surface area contributed by atoms with Gasteiger partial charge in [0.05, 0.1) is 28.7 Å². The number of allylic oxidation sites excluding steroid dienone is 1. The van der Waals surface area contributed by atoms with E-state index >= 15 is 0 Å². The standard InChI is InChI=1S/C22H15Cl3F4N2O2/c1-33-17-7-3-11(2-6-16(32)12-4-5-14(23)15(24)9-12)8-13(17)10-31-20(22(28)29)18(25)19(30-31)21(26)27/h2-9,21-22H,10H2,1H3/b6-2+. The molecule has 3 rings (SSSR count). The van der Waals surface area contributed by atoms with Crippen molar-refractivity contribution in [3.8, 4) is 5.75 Å². The monoisotopic (exact) mass is 520 g/mol. The first-order chi connectivity index (χ1) is 15.6. The van der Waals surface area contributed by atoms with E-state index in [-0.39, 0.29) is 17.4 Å². The van der Waals surface area contributed by atoms with Gasteiger partial charge in [-0.05, 0) is 42.0 Å². The van der Waals surface area contributed by atoms with Crippen LogP contribution in [-0.2, 0) is 6.54 Å². The number of aromatic nitrogens is 2. The van der Waals surface area contributed by atoms with Crippen molar-refractivity contribution in [1.82, 2.24) is 9.78 Å². The highest BCUT2D eigenvalue weighted by molar-refractivity contribution is 6.42. The van der Waals surface area contributed by atoms with Crippen molar-refractivity contribution in [3.05, 3.63) is 85.6 Å². The van der Waals surface area contributed by atoms with Crippen LogP contribution in [0.5, 0.6) is 5.75 Å². The fraction of sp³-hybridized carbons (Fsp3) is 0.182. The lowest BCUT2D eigenvalue weighted by Gasteiger charge is -2.12. The summed E-state index contributed by atoms with van der Waals surface area (Å²) < 4.78 is 59.1. The lowest BCUT2D eigenvalue weighted by molar-refractivity contribution is 0.104. The molecule has 0 radical (unpaired) electrons. The molecule has 0 saturated heterocycles. The number of carbonyl (C=O) groups is 1. The molecule has 0 bridgehead atoms. The molecule has 174 valence electrons. The number of benzene rings is 2. The van der Waals surface area contributed by atoms with Crippen LogP contribution >= 0.6 is 34.8 Å². The number of ketones is 1. The molecule has 0 aliphatic rings. The number of hydrogen-bond donors (Lipinski definition) is 0. The van der Waals surface area contributed by atoms with E-state index < -0.39 is 29.3 Å². The molecule has 0 amide bonds. The number of rotatable bonds is 8. The summed E-state index contributed by atoms with van der Waals surface area (Å²) in [5.74, 6) is -0.0280. The summed E-state index contributed by atoms with van der Waals surface area (Å²) in [6, 6.07) is 9.21. The van der Waals surface area contributed by atoms with E-state index in [4.69, 9.17) is 39.5 Å². The smallest absolute Gasteiger partial charge is 0.283 e. The van der Waals surface area contributed by atoms with Crippen LogP contribution in [0.2, 0.25) is 15.1 Å². The molecule has 33 heavy (non-hydrogen) atoms. The molecule has 1 heterocycles. The maximum atomic E-state index is 13.5. The van der Waals surface area contributed by atoms with Crippen LogP contribution in [0, 0.1) is 0 Å². The Balaban J connectivity index is 1.92. The zero-order valence-electron chi connectivity index (χ0n) is 16.8. The first-order valence-corrected chi connectivity index (χ1v) is 10.4. The van der Waals surface area contributed by atoms with E-state index in [0.29, 0.717) is 27.5 Å². The van der Waals surface area contributed by atoms with E-state index in [1.54, 1.807) is 18.2 Å². The van der Waals surface area contributed by atoms with Gasteiger partial charge in [-0.2, -0.15) is 5.10 Å². The zero-order chi connectivity index (χ0) is 24.3. The minimum absolute atomic E-state index is 0.235. The Kier molecular flexibility index (Phi) is 8.05. The van der Waals surface area contributed by atoms with Crippen molar-refractivity contribution < 1.29 is 27.1 Å². The van der Waals surface area contributed by atoms with Gasteiger partial charge in [0.1, 0.15) is 17.1 Å². The Morgan fingerprint density at radius 3 is 2.39 bits per heavy atom. The average molecular weight is 522 g/mol. The second-order valence-electron chi connectivity index (χ2n) is 6.74. The molecule has 0 aliphatic carbocycles. The largest absolute Gasteiger partial charge is 0.496 e. The number of alkyl halides is 4. The predicted octanol–water partition coefficient (Wildman–Crippen LogP) is 7.67. The number of methoxy groups -OCH3 is 1. The van der Waals surface area contributed by atoms with E-state index in [0.717, 1.165) is 4.68 Å². The van der Waals surface area contributed by atoms with E-state index in [1.165, 1.54) is 37.5 Å². The summed E-state index contributed by atoms with van der Waals surface area (Å²) in [5.41, 5.74) is -0.519. The first kappa shape index (κ1) is 25.1. The van der Waals surface area contributed by atoms with Gasteiger partial charge in [-0.1, -0.05) is 46.9 Å². The fourth-order valence-electron chi connectivity index (χ4n) is 3.05. The highest BCUT2D eigenvalue weighted by atomic mass is 35.5. The quantitative estimate of drug-likeness (QED) is 0.174. The van der Waals surface area contributed by atoms with Gasteiger partial charge in [0.15, 0.2) is 5.78 Å². The van der Waals surface area contributed by atoms with Gasteiger partial charge in [-0.25, -0.2) is 17.6 Å². The summed E-state index contributed by atoms with van der Waals surface area (Å²) >= 11 is 17.5. The molecule has 0 atom stereocenters. The Bertz CT molecular complexity index is 1210. The third-order valence-corrected chi connectivity index (χ3v) is 5.75. The Morgan fingerprint density at radius 2 is 1.79 bits per heavy atom. The van der Waals surface area contributed by atoms with Crippen molar-refractivity contribution in [2.24, 2.45) is 0 Å². The number of carbonyl (C=O) groups excluding carboxylic acids is 1. The van der Waals surface area contributed by atoms with Gasteiger partial charge < -0.3 is 4.74 Å². The molecule has 0 saturated carbocycles. The molecule has 3 aromatic rings. The van der Waals surface area contributed by atoms with Crippen molar-refractivity contribution in [2.45, 2.75) is 19.4 Å². The molecule has 0 unspecified atom stereocenters. The first-order valence-electron chi connectivity index (χ1n) is 9.29. The highest BCUT2D eigenvalue weighted by Gasteiger charge is 2.28. The van der Waals surface area contributed by atoms with Crippen LogP contribution in [0.1, 0.15) is 45.7 Å². The summed E-state index contributed by atoms with van der Waals surface area (Å²) in [5, 5.41) is 3.34. The fourth-order valence-corrected chi connectivity index (χ4v) is 3.64. The van der Waals surface area contributed by atoms with Gasteiger partial charge in [0, 0.05) is 11.1 Å². The lowest BCUT2D eigenvalue weighted by Crippen LogP contribution is -2.08. The topological polar surface area (TPSA) is 44.1 Å². The molecular formula is C22H15Cl3F4N2O2. The molecule has 2 aromatic carbocycles. The second kappa shape index (κ2) is 10.6. The highest BCUT2D eigenvalue weighted by Crippen LogP contribution is 2.35. The van der Waals surface area contributed by atoms with Crippen LogP contribution in [0.15, 0.2) is 42.5 Å². The van der Waals surface area contributed by atoms with Crippen LogP contribution in [0.3, 0.4) is 0 Å². The number of hydrogen-bond acceptors (Lipinski definition) is 3. The molecule has 4 nitrogen and oxygen atoms in total. The lowest BCUT2D eigenvalue weighted by atomic mass is 10.1. The summed E-state index contributed by atoms with van der Waals surface area (Å²) in [4.78, 5) is 12.4. The van der Waals surface area contributed by atoms with Crippen LogP contribution in [0.25, 0.3) is 6.08 Å². The molecule has 0 aliphatic heterocycles.